The van der Waals surface area contributed by atoms with E-state index in [0.29, 0.717) is 23.2 Å². The molecule has 29 heavy (non-hydrogen) atoms. The number of H-pyrrole nitrogens is 1. The fraction of sp³-hybridized carbons (Fsp3) is 0.118. The smallest absolute Gasteiger partial charge is 0.442 e. The van der Waals surface area contributed by atoms with Crippen LogP contribution in [0.15, 0.2) is 44.7 Å². The molecule has 152 valence electrons. The van der Waals surface area contributed by atoms with Crippen LogP contribution in [-0.4, -0.2) is 24.0 Å². The number of carbonyl (C=O) groups is 1. The number of benzene rings is 2. The van der Waals surface area contributed by atoms with Gasteiger partial charge in [-0.25, -0.2) is 22.4 Å². The maximum atomic E-state index is 13.6. The highest BCUT2D eigenvalue weighted by Crippen LogP contribution is 2.24. The van der Waals surface area contributed by atoms with Crippen LogP contribution in [0.2, 0.25) is 0 Å². The average Bonchev–Trinajstić information content (AvgIpc) is 3.08. The molecule has 0 aliphatic rings. The van der Waals surface area contributed by atoms with Crippen molar-refractivity contribution in [2.75, 3.05) is 18.2 Å². The number of hydrogen-bond acceptors (Lipinski definition) is 5. The van der Waals surface area contributed by atoms with Gasteiger partial charge in [0.05, 0.1) is 12.9 Å². The summed E-state index contributed by atoms with van der Waals surface area (Å²) in [4.78, 5) is 23.9. The molecule has 0 unspecified atom stereocenters. The van der Waals surface area contributed by atoms with Crippen LogP contribution in [0, 0.1) is 23.3 Å². The molecule has 0 saturated heterocycles. The maximum Gasteiger partial charge on any atom is 0.442 e. The summed E-state index contributed by atoms with van der Waals surface area (Å²) in [5, 5.41) is 4.06. The highest BCUT2D eigenvalue weighted by Gasteiger charge is 2.26. The van der Waals surface area contributed by atoms with Crippen LogP contribution in [0.4, 0.5) is 23.2 Å². The van der Waals surface area contributed by atoms with Gasteiger partial charge in [-0.15, -0.1) is 0 Å². The van der Waals surface area contributed by atoms with E-state index in [1.165, 1.54) is 11.8 Å². The van der Waals surface area contributed by atoms with Crippen LogP contribution >= 0.6 is 11.8 Å². The van der Waals surface area contributed by atoms with Gasteiger partial charge in [-0.2, -0.15) is 0 Å². The fourth-order valence-electron chi connectivity index (χ4n) is 2.28. The minimum Gasteiger partial charge on any atom is -0.497 e. The number of rotatable bonds is 6. The molecule has 2 N–H and O–H groups in total. The number of halogens is 4. The highest BCUT2D eigenvalue weighted by molar-refractivity contribution is 7.99. The number of aromatic nitrogens is 2. The van der Waals surface area contributed by atoms with Gasteiger partial charge in [-0.05, 0) is 33.8 Å². The highest BCUT2D eigenvalue weighted by atomic mass is 32.2. The molecule has 0 aliphatic carbocycles. The molecule has 2 aromatic carbocycles. The molecule has 1 aromatic heterocycles. The lowest BCUT2D eigenvalue weighted by Crippen LogP contribution is -2.36. The lowest BCUT2D eigenvalue weighted by molar-refractivity contribution is -0.704. The summed E-state index contributed by atoms with van der Waals surface area (Å²) >= 11 is 0.682. The van der Waals surface area contributed by atoms with Gasteiger partial charge < -0.3 is 10.1 Å². The lowest BCUT2D eigenvalue weighted by atomic mass is 10.2. The molecule has 0 radical (unpaired) electrons. The first-order valence-electron chi connectivity index (χ1n) is 7.85. The molecule has 1 heterocycles. The topological polar surface area (TPSA) is 88.2 Å². The van der Waals surface area contributed by atoms with Crippen molar-refractivity contribution in [2.24, 2.45) is 0 Å². The van der Waals surface area contributed by atoms with E-state index < -0.39 is 46.2 Å². The van der Waals surface area contributed by atoms with Gasteiger partial charge in [0.1, 0.15) is 11.4 Å². The fourth-order valence-corrected chi connectivity index (χ4v) is 3.05. The van der Waals surface area contributed by atoms with Crippen LogP contribution in [-0.2, 0) is 4.79 Å². The number of nitrogens with one attached hydrogen (secondary N) is 2. The molecule has 7 nitrogen and oxygen atoms in total. The van der Waals surface area contributed by atoms with Crippen LogP contribution in [0.3, 0.4) is 0 Å². The Morgan fingerprint density at radius 2 is 1.79 bits per heavy atom. The zero-order valence-electron chi connectivity index (χ0n) is 14.6. The lowest BCUT2D eigenvalue weighted by Gasteiger charge is -2.08. The predicted molar refractivity (Wildman–Crippen MR) is 93.0 cm³/mol. The number of carbonyl (C=O) groups excluding carboxylic acids is 1. The zero-order chi connectivity index (χ0) is 21.1. The van der Waals surface area contributed by atoms with E-state index in [1.54, 1.807) is 29.6 Å². The molecule has 3 aromatic rings. The van der Waals surface area contributed by atoms with Crippen molar-refractivity contribution >= 4 is 23.4 Å². The van der Waals surface area contributed by atoms with Crippen molar-refractivity contribution in [1.29, 1.82) is 0 Å². The second-order valence-corrected chi connectivity index (χ2v) is 6.46. The molecule has 1 amide bonds. The molecule has 12 heteroatoms. The standard InChI is InChI=1S/C17H11F4N3O4S/c1-27-9-4-2-8(3-5-9)24-16(17(26)28-23-24)29-7-12(25)22-15-13(20)10(18)6-11(19)14(15)21/h2-6H,7H2,1H3,(H-,22,23,25,26)/p+1. The Hall–Kier alpha value is -3.28. The first-order valence-corrected chi connectivity index (χ1v) is 8.84. The van der Waals surface area contributed by atoms with E-state index in [1.807, 2.05) is 0 Å². The van der Waals surface area contributed by atoms with E-state index in [2.05, 4.69) is 5.27 Å². The Bertz CT molecular complexity index is 1090. The second kappa shape index (κ2) is 8.39. The summed E-state index contributed by atoms with van der Waals surface area (Å²) in [6, 6.07) is 6.49. The molecule has 0 bridgehead atoms. The Balaban J connectivity index is 1.76. The van der Waals surface area contributed by atoms with Crippen LogP contribution in [0.5, 0.6) is 5.75 Å². The van der Waals surface area contributed by atoms with Crippen molar-refractivity contribution < 1.29 is 36.3 Å². The van der Waals surface area contributed by atoms with Gasteiger partial charge in [0, 0.05) is 18.2 Å². The second-order valence-electron chi connectivity index (χ2n) is 5.50. The first kappa shape index (κ1) is 20.5. The van der Waals surface area contributed by atoms with E-state index >= 15 is 0 Å². The molecular formula is C17H12F4N3O4S+. The third-order valence-corrected chi connectivity index (χ3v) is 4.68. The van der Waals surface area contributed by atoms with Crippen molar-refractivity contribution in [3.8, 4) is 11.4 Å². The predicted octanol–water partition coefficient (Wildman–Crippen LogP) is 2.54. The Kier molecular flexibility index (Phi) is 5.92. The molecule has 0 saturated carbocycles. The Labute approximate surface area is 164 Å². The minimum absolute atomic E-state index is 0.0257. The van der Waals surface area contributed by atoms with E-state index in [4.69, 9.17) is 9.26 Å². The summed E-state index contributed by atoms with van der Waals surface area (Å²) < 4.78 is 64.7. The van der Waals surface area contributed by atoms with Gasteiger partial charge in [0.2, 0.25) is 11.6 Å². The van der Waals surface area contributed by atoms with Gasteiger partial charge in [-0.3, -0.25) is 9.32 Å². The number of nitrogens with zero attached hydrogens (tertiary/aromatic N) is 1. The number of ether oxygens (including phenoxy) is 1. The van der Waals surface area contributed by atoms with Crippen molar-refractivity contribution in [3.05, 3.63) is 64.0 Å². The number of thioether (sulfide) groups is 1. The minimum atomic E-state index is -1.74. The van der Waals surface area contributed by atoms with Crippen molar-refractivity contribution in [2.45, 2.75) is 5.03 Å². The molecular weight excluding hydrogens is 418 g/mol. The number of hydrogen-bond donors (Lipinski definition) is 2. The molecule has 0 atom stereocenters. The summed E-state index contributed by atoms with van der Waals surface area (Å²) in [6.07, 6.45) is 0. The average molecular weight is 430 g/mol. The largest absolute Gasteiger partial charge is 0.497 e. The van der Waals surface area contributed by atoms with Crippen LogP contribution < -0.4 is 20.4 Å². The number of anilines is 1. The summed E-state index contributed by atoms with van der Waals surface area (Å²) in [5.41, 5.74) is -1.58. The van der Waals surface area contributed by atoms with Gasteiger partial charge in [-0.1, -0.05) is 0 Å². The Morgan fingerprint density at radius 3 is 2.38 bits per heavy atom. The summed E-state index contributed by atoms with van der Waals surface area (Å²) in [7, 11) is 1.48. The van der Waals surface area contributed by atoms with E-state index in [-0.39, 0.29) is 11.1 Å². The zero-order valence-corrected chi connectivity index (χ0v) is 15.4. The van der Waals surface area contributed by atoms with Crippen LogP contribution in [0.25, 0.3) is 5.69 Å². The van der Waals surface area contributed by atoms with Crippen molar-refractivity contribution in [3.63, 3.8) is 0 Å². The third-order valence-electron chi connectivity index (χ3n) is 3.65. The monoisotopic (exact) mass is 430 g/mol. The Morgan fingerprint density at radius 1 is 1.17 bits per heavy atom. The SMILES string of the molecule is COc1ccc(-[n+]2[nH]oc(=O)c2SCC(=O)Nc2c(F)c(F)cc(F)c2F)cc1. The molecule has 3 rings (SSSR count). The first-order chi connectivity index (χ1) is 13.8. The number of methoxy groups -OCH3 is 1. The van der Waals surface area contributed by atoms with E-state index in [9.17, 15) is 27.2 Å². The molecule has 0 spiro atoms. The third kappa shape index (κ3) is 4.26. The molecule has 0 aliphatic heterocycles. The number of amides is 1. The van der Waals surface area contributed by atoms with Gasteiger partial charge in [0.15, 0.2) is 23.3 Å². The van der Waals surface area contributed by atoms with Crippen LogP contribution in [0.1, 0.15) is 0 Å². The summed E-state index contributed by atoms with van der Waals surface area (Å²) in [6.45, 7) is 0. The molecule has 0 fully saturated rings. The maximum absolute atomic E-state index is 13.6. The normalized spacial score (nSPS) is 10.8. The van der Waals surface area contributed by atoms with Crippen molar-refractivity contribution in [1.82, 2.24) is 5.27 Å². The quantitative estimate of drug-likeness (QED) is 0.272. The van der Waals surface area contributed by atoms with Gasteiger partial charge in [0.25, 0.3) is 0 Å². The van der Waals surface area contributed by atoms with Gasteiger partial charge >= 0.3 is 10.7 Å². The number of aromatic amines is 1. The van der Waals surface area contributed by atoms with E-state index in [0.717, 1.165) is 0 Å². The summed E-state index contributed by atoms with van der Waals surface area (Å²) in [5.74, 6) is -7.73.